The number of nitriles is 1. The molecule has 0 radical (unpaired) electrons. The maximum atomic E-state index is 11.4. The largest absolute Gasteiger partial charge is 0.465 e. The third-order valence-corrected chi connectivity index (χ3v) is 6.95. The van der Waals surface area contributed by atoms with E-state index >= 15 is 0 Å². The molecular weight excluding hydrogens is 506 g/mol. The molecule has 204 valence electrons. The number of likely N-dealkylation sites (tertiary alicyclic amines) is 1. The number of pyridine rings is 1. The number of nitrogens with zero attached hydrogens (tertiary/aromatic N) is 5. The van der Waals surface area contributed by atoms with E-state index in [0.29, 0.717) is 48.5 Å². The molecule has 1 amide bonds. The van der Waals surface area contributed by atoms with Gasteiger partial charge in [-0.25, -0.2) is 19.7 Å². The lowest BCUT2D eigenvalue weighted by Crippen LogP contribution is -2.44. The molecule has 0 saturated carbocycles. The van der Waals surface area contributed by atoms with Gasteiger partial charge in [0.25, 0.3) is 0 Å². The minimum atomic E-state index is -0.915. The highest BCUT2D eigenvalue weighted by Gasteiger charge is 2.24. The van der Waals surface area contributed by atoms with Crippen LogP contribution < -0.4 is 15.4 Å². The van der Waals surface area contributed by atoms with Crippen LogP contribution in [0.5, 0.6) is 11.6 Å². The fourth-order valence-electron chi connectivity index (χ4n) is 4.83. The van der Waals surface area contributed by atoms with E-state index in [-0.39, 0.29) is 12.0 Å². The summed E-state index contributed by atoms with van der Waals surface area (Å²) in [5.74, 6) is 1.41. The van der Waals surface area contributed by atoms with Crippen molar-refractivity contribution in [1.82, 2.24) is 19.9 Å². The third kappa shape index (κ3) is 5.89. The van der Waals surface area contributed by atoms with E-state index in [2.05, 4.69) is 32.7 Å². The van der Waals surface area contributed by atoms with Gasteiger partial charge in [-0.15, -0.1) is 0 Å². The van der Waals surface area contributed by atoms with E-state index in [0.717, 1.165) is 34.9 Å². The quantitative estimate of drug-likeness (QED) is 0.250. The van der Waals surface area contributed by atoms with Crippen LogP contribution in [0.15, 0.2) is 60.9 Å². The Hall–Kier alpha value is -4.91. The number of ether oxygens (including phenoxy) is 1. The van der Waals surface area contributed by atoms with E-state index in [1.165, 1.54) is 4.90 Å². The molecule has 2 atom stereocenters. The summed E-state index contributed by atoms with van der Waals surface area (Å²) in [4.78, 5) is 26.4. The molecule has 3 heterocycles. The van der Waals surface area contributed by atoms with Crippen LogP contribution in [0.2, 0.25) is 0 Å². The number of nitrogens with one attached hydrogen (secondary N) is 2. The molecule has 2 aromatic carbocycles. The van der Waals surface area contributed by atoms with Crippen molar-refractivity contribution >= 4 is 28.5 Å². The lowest BCUT2D eigenvalue weighted by molar-refractivity contribution is 0.132. The van der Waals surface area contributed by atoms with Crippen molar-refractivity contribution in [3.8, 4) is 29.0 Å². The Kier molecular flexibility index (Phi) is 7.92. The molecule has 40 heavy (non-hydrogen) atoms. The number of hydrogen-bond acceptors (Lipinski definition) is 8. The molecule has 3 N–H and O–H groups in total. The topological polar surface area (TPSA) is 136 Å². The number of hydrogen-bond donors (Lipinski definition) is 3. The number of piperidine rings is 1. The average molecular weight is 538 g/mol. The smallest absolute Gasteiger partial charge is 0.407 e. The van der Waals surface area contributed by atoms with Crippen LogP contribution in [-0.4, -0.2) is 56.7 Å². The summed E-state index contributed by atoms with van der Waals surface area (Å²) in [6.45, 7) is 5.34. The van der Waals surface area contributed by atoms with Gasteiger partial charge >= 0.3 is 6.09 Å². The van der Waals surface area contributed by atoms with Crippen molar-refractivity contribution in [3.63, 3.8) is 0 Å². The molecule has 10 heteroatoms. The van der Waals surface area contributed by atoms with Crippen molar-refractivity contribution in [1.29, 1.82) is 5.26 Å². The summed E-state index contributed by atoms with van der Waals surface area (Å²) >= 11 is 0. The summed E-state index contributed by atoms with van der Waals surface area (Å²) in [5, 5.41) is 27.1. The van der Waals surface area contributed by atoms with Crippen LogP contribution in [0.4, 0.5) is 16.4 Å². The number of amides is 1. The van der Waals surface area contributed by atoms with Crippen molar-refractivity contribution in [2.45, 2.75) is 32.7 Å². The highest BCUT2D eigenvalue weighted by Crippen LogP contribution is 2.38. The van der Waals surface area contributed by atoms with Crippen molar-refractivity contribution in [2.75, 3.05) is 30.3 Å². The fraction of sp³-hybridized carbons (Fsp3) is 0.300. The Morgan fingerprint density at radius 3 is 2.88 bits per heavy atom. The fourth-order valence-corrected chi connectivity index (χ4v) is 4.83. The zero-order valence-corrected chi connectivity index (χ0v) is 22.5. The van der Waals surface area contributed by atoms with Gasteiger partial charge in [-0.2, -0.15) is 5.26 Å². The number of aromatic nitrogens is 3. The van der Waals surface area contributed by atoms with Gasteiger partial charge in [-0.1, -0.05) is 24.3 Å². The van der Waals surface area contributed by atoms with Gasteiger partial charge in [-0.05, 0) is 56.5 Å². The molecule has 4 aromatic rings. The molecule has 5 rings (SSSR count). The second-order valence-electron chi connectivity index (χ2n) is 9.96. The van der Waals surface area contributed by atoms with Crippen LogP contribution in [0.25, 0.3) is 22.0 Å². The molecule has 1 aliphatic rings. The second kappa shape index (κ2) is 11.9. The predicted octanol–water partition coefficient (Wildman–Crippen LogP) is 5.92. The molecule has 1 saturated heterocycles. The molecule has 1 aliphatic heterocycles. The number of anilines is 2. The molecule has 1 fully saturated rings. The second-order valence-corrected chi connectivity index (χ2v) is 9.96. The number of fused-ring (bicyclic) bond motifs is 1. The Labute approximate surface area is 232 Å². The standard InChI is InChI=1S/C30H31N7O3/c1-19(16-31)17-34-25-9-3-7-23-22(25)11-10-20(2)27(23)40-28-24(8-4-13-32-28)26-12-14-33-29(36-26)35-21-6-5-15-37(18-21)30(38)39/h3-4,7-14,19,21,34H,5-6,15,17-18H2,1-2H3,(H,38,39)(H,33,35,36). The van der Waals surface area contributed by atoms with E-state index in [1.54, 1.807) is 18.5 Å². The highest BCUT2D eigenvalue weighted by atomic mass is 16.5. The van der Waals surface area contributed by atoms with Crippen LogP contribution in [-0.2, 0) is 0 Å². The lowest BCUT2D eigenvalue weighted by Gasteiger charge is -2.31. The molecule has 2 aromatic heterocycles. The van der Waals surface area contributed by atoms with Crippen molar-refractivity contribution in [2.24, 2.45) is 5.92 Å². The molecule has 2 unspecified atom stereocenters. The zero-order valence-electron chi connectivity index (χ0n) is 22.5. The Morgan fingerprint density at radius 1 is 1.18 bits per heavy atom. The first-order valence-corrected chi connectivity index (χ1v) is 13.3. The minimum Gasteiger partial charge on any atom is -0.465 e. The van der Waals surface area contributed by atoms with Crippen LogP contribution in [0.1, 0.15) is 25.3 Å². The van der Waals surface area contributed by atoms with Gasteiger partial charge in [0.05, 0.1) is 23.2 Å². The summed E-state index contributed by atoms with van der Waals surface area (Å²) in [6, 6.07) is 17.8. The number of carbonyl (C=O) groups is 1. The van der Waals surface area contributed by atoms with E-state index in [4.69, 9.17) is 15.0 Å². The summed E-state index contributed by atoms with van der Waals surface area (Å²) < 4.78 is 6.50. The SMILES string of the molecule is Cc1ccc2c(NCC(C)C#N)cccc2c1Oc1ncccc1-c1ccnc(NC2CCCN(C(=O)O)C2)n1. The average Bonchev–Trinajstić information content (AvgIpc) is 2.97. The third-order valence-electron chi connectivity index (χ3n) is 6.95. The van der Waals surface area contributed by atoms with Gasteiger partial charge in [0, 0.05) is 54.5 Å². The van der Waals surface area contributed by atoms with Crippen LogP contribution in [0, 0.1) is 24.2 Å². The number of aryl methyl sites for hydroxylation is 1. The van der Waals surface area contributed by atoms with Crippen molar-refractivity contribution < 1.29 is 14.6 Å². The van der Waals surface area contributed by atoms with Gasteiger partial charge < -0.3 is 25.4 Å². The summed E-state index contributed by atoms with van der Waals surface area (Å²) in [5.41, 5.74) is 3.23. The first-order valence-electron chi connectivity index (χ1n) is 13.3. The summed E-state index contributed by atoms with van der Waals surface area (Å²) in [7, 11) is 0. The van der Waals surface area contributed by atoms with E-state index in [1.807, 2.05) is 50.2 Å². The van der Waals surface area contributed by atoms with Gasteiger partial charge in [0.2, 0.25) is 11.8 Å². The maximum absolute atomic E-state index is 11.4. The monoisotopic (exact) mass is 537 g/mol. The maximum Gasteiger partial charge on any atom is 0.407 e. The van der Waals surface area contributed by atoms with Gasteiger partial charge in [0.1, 0.15) is 5.75 Å². The molecule has 0 bridgehead atoms. The van der Waals surface area contributed by atoms with E-state index < -0.39 is 6.09 Å². The van der Waals surface area contributed by atoms with Gasteiger partial charge in [-0.3, -0.25) is 0 Å². The Bertz CT molecular complexity index is 1570. The number of carboxylic acid groups (broad SMARTS) is 1. The summed E-state index contributed by atoms with van der Waals surface area (Å²) in [6.07, 6.45) is 4.05. The predicted molar refractivity (Wildman–Crippen MR) is 154 cm³/mol. The van der Waals surface area contributed by atoms with Crippen LogP contribution >= 0.6 is 0 Å². The van der Waals surface area contributed by atoms with Crippen molar-refractivity contribution in [3.05, 3.63) is 66.5 Å². The molecule has 0 spiro atoms. The minimum absolute atomic E-state index is 0.0676. The van der Waals surface area contributed by atoms with E-state index in [9.17, 15) is 9.90 Å². The first-order chi connectivity index (χ1) is 19.4. The molecule has 10 nitrogen and oxygen atoms in total. The first kappa shape index (κ1) is 26.7. The molecular formula is C30H31N7O3. The normalized spacial score (nSPS) is 15.7. The Balaban J connectivity index is 1.43. The molecule has 0 aliphatic carbocycles. The van der Waals surface area contributed by atoms with Crippen LogP contribution in [0.3, 0.4) is 0 Å². The number of benzene rings is 2. The Morgan fingerprint density at radius 2 is 2.05 bits per heavy atom. The zero-order chi connectivity index (χ0) is 28.1. The lowest BCUT2D eigenvalue weighted by atomic mass is 10.0. The highest BCUT2D eigenvalue weighted by molar-refractivity contribution is 5.98. The van der Waals surface area contributed by atoms with Gasteiger partial charge in [0.15, 0.2) is 0 Å². The number of rotatable bonds is 8.